The molecule has 0 radical (unpaired) electrons. The lowest BCUT2D eigenvalue weighted by Crippen LogP contribution is -2.02. The van der Waals surface area contributed by atoms with Crippen molar-refractivity contribution in [1.29, 1.82) is 0 Å². The number of carboxylic acids is 1. The molecule has 0 fully saturated rings. The van der Waals surface area contributed by atoms with Crippen LogP contribution in [0.4, 0.5) is 0 Å². The van der Waals surface area contributed by atoms with Crippen molar-refractivity contribution in [2.24, 2.45) is 0 Å². The van der Waals surface area contributed by atoms with Crippen LogP contribution in [-0.2, 0) is 0 Å². The molecule has 0 saturated carbocycles. The molecular formula is C15H12N4O2S. The SMILES string of the molecule is Cc1csc(-n2nnc(C(=O)O)c2/C=C/c2ccccc2)n1. The van der Waals surface area contributed by atoms with E-state index in [0.29, 0.717) is 10.8 Å². The highest BCUT2D eigenvalue weighted by atomic mass is 32.1. The number of aryl methyl sites for hydroxylation is 1. The maximum absolute atomic E-state index is 11.3. The number of aromatic nitrogens is 4. The van der Waals surface area contributed by atoms with Gasteiger partial charge >= 0.3 is 5.97 Å². The molecule has 22 heavy (non-hydrogen) atoms. The molecule has 3 rings (SSSR count). The molecule has 0 aliphatic carbocycles. The third-order valence-electron chi connectivity index (χ3n) is 2.93. The van der Waals surface area contributed by atoms with Gasteiger partial charge in [0.15, 0.2) is 5.69 Å². The molecule has 1 N–H and O–H groups in total. The van der Waals surface area contributed by atoms with Crippen LogP contribution in [0.1, 0.15) is 27.4 Å². The number of benzene rings is 1. The first-order valence-corrected chi connectivity index (χ1v) is 7.38. The summed E-state index contributed by atoms with van der Waals surface area (Å²) in [6.07, 6.45) is 3.51. The Labute approximate surface area is 130 Å². The van der Waals surface area contributed by atoms with Crippen LogP contribution in [0.5, 0.6) is 0 Å². The second-order valence-electron chi connectivity index (χ2n) is 4.56. The van der Waals surface area contributed by atoms with Crippen molar-refractivity contribution in [2.45, 2.75) is 6.92 Å². The Kier molecular flexibility index (Phi) is 3.80. The van der Waals surface area contributed by atoms with E-state index in [9.17, 15) is 9.90 Å². The normalized spacial score (nSPS) is 11.1. The van der Waals surface area contributed by atoms with E-state index in [4.69, 9.17) is 0 Å². The van der Waals surface area contributed by atoms with Gasteiger partial charge in [-0.2, -0.15) is 4.68 Å². The van der Waals surface area contributed by atoms with Gasteiger partial charge in [-0.1, -0.05) is 41.6 Å². The predicted molar refractivity (Wildman–Crippen MR) is 84.1 cm³/mol. The zero-order valence-electron chi connectivity index (χ0n) is 11.7. The average molecular weight is 312 g/mol. The van der Waals surface area contributed by atoms with E-state index < -0.39 is 5.97 Å². The largest absolute Gasteiger partial charge is 0.476 e. The van der Waals surface area contributed by atoms with Gasteiger partial charge in [-0.05, 0) is 18.6 Å². The number of thiazole rings is 1. The van der Waals surface area contributed by atoms with E-state index in [0.717, 1.165) is 11.3 Å². The van der Waals surface area contributed by atoms with Gasteiger partial charge in [-0.15, -0.1) is 16.4 Å². The Hall–Kier alpha value is -2.80. The molecule has 0 unspecified atom stereocenters. The van der Waals surface area contributed by atoms with Crippen LogP contribution in [0.3, 0.4) is 0 Å². The summed E-state index contributed by atoms with van der Waals surface area (Å²) in [7, 11) is 0. The summed E-state index contributed by atoms with van der Waals surface area (Å²) >= 11 is 1.39. The van der Waals surface area contributed by atoms with E-state index in [1.54, 1.807) is 6.08 Å². The third-order valence-corrected chi connectivity index (χ3v) is 3.86. The van der Waals surface area contributed by atoms with E-state index in [1.165, 1.54) is 16.0 Å². The van der Waals surface area contributed by atoms with Gasteiger partial charge in [0.2, 0.25) is 5.13 Å². The Morgan fingerprint density at radius 1 is 1.27 bits per heavy atom. The zero-order chi connectivity index (χ0) is 15.5. The van der Waals surface area contributed by atoms with Gasteiger partial charge < -0.3 is 5.11 Å². The van der Waals surface area contributed by atoms with E-state index in [-0.39, 0.29) is 5.69 Å². The highest BCUT2D eigenvalue weighted by Gasteiger charge is 2.19. The molecule has 3 aromatic rings. The maximum Gasteiger partial charge on any atom is 0.358 e. The number of hydrogen-bond acceptors (Lipinski definition) is 5. The standard InChI is InChI=1S/C15H12N4O2S/c1-10-9-22-15(16-10)19-12(13(14(20)21)17-18-19)8-7-11-5-3-2-4-6-11/h2-9H,1H3,(H,20,21)/b8-7+. The molecule has 0 bridgehead atoms. The number of carbonyl (C=O) groups is 1. The molecule has 110 valence electrons. The zero-order valence-corrected chi connectivity index (χ0v) is 12.5. The Balaban J connectivity index is 2.06. The molecule has 0 amide bonds. The topological polar surface area (TPSA) is 80.9 Å². The third kappa shape index (κ3) is 2.79. The summed E-state index contributed by atoms with van der Waals surface area (Å²) in [5.41, 5.74) is 2.11. The van der Waals surface area contributed by atoms with E-state index in [1.807, 2.05) is 48.7 Å². The Morgan fingerprint density at radius 2 is 2.05 bits per heavy atom. The molecule has 0 spiro atoms. The van der Waals surface area contributed by atoms with Gasteiger partial charge in [0.05, 0.1) is 5.69 Å². The predicted octanol–water partition coefficient (Wildman–Crippen LogP) is 2.90. The molecule has 7 heteroatoms. The molecular weight excluding hydrogens is 300 g/mol. The Bertz CT molecular complexity index is 836. The number of carboxylic acid groups (broad SMARTS) is 1. The Morgan fingerprint density at radius 3 is 2.68 bits per heavy atom. The molecule has 1 aromatic carbocycles. The summed E-state index contributed by atoms with van der Waals surface area (Å²) in [5.74, 6) is -1.12. The van der Waals surface area contributed by atoms with E-state index >= 15 is 0 Å². The first kappa shape index (κ1) is 14.2. The van der Waals surface area contributed by atoms with Crippen molar-refractivity contribution in [2.75, 3.05) is 0 Å². The average Bonchev–Trinajstić information content (AvgIpc) is 3.12. The summed E-state index contributed by atoms with van der Waals surface area (Å²) in [5, 5.41) is 19.4. The van der Waals surface area contributed by atoms with Gasteiger partial charge in [0, 0.05) is 5.38 Å². The lowest BCUT2D eigenvalue weighted by molar-refractivity contribution is 0.0690. The number of hydrogen-bond donors (Lipinski definition) is 1. The molecule has 2 aromatic heterocycles. The quantitative estimate of drug-likeness (QED) is 0.801. The number of nitrogens with zero attached hydrogens (tertiary/aromatic N) is 4. The van der Waals surface area contributed by atoms with Crippen molar-refractivity contribution in [1.82, 2.24) is 20.0 Å². The van der Waals surface area contributed by atoms with Gasteiger partial charge in [-0.25, -0.2) is 9.78 Å². The second kappa shape index (κ2) is 5.90. The monoisotopic (exact) mass is 312 g/mol. The van der Waals surface area contributed by atoms with Crippen molar-refractivity contribution < 1.29 is 9.90 Å². The number of rotatable bonds is 4. The summed E-state index contributed by atoms with van der Waals surface area (Å²) in [4.78, 5) is 15.6. The molecule has 0 aliphatic heterocycles. The maximum atomic E-state index is 11.3. The minimum Gasteiger partial charge on any atom is -0.476 e. The fourth-order valence-corrected chi connectivity index (χ4v) is 2.67. The minimum atomic E-state index is -1.12. The first-order valence-electron chi connectivity index (χ1n) is 6.50. The van der Waals surface area contributed by atoms with Crippen molar-refractivity contribution in [3.63, 3.8) is 0 Å². The fraction of sp³-hybridized carbons (Fsp3) is 0.0667. The van der Waals surface area contributed by atoms with Crippen LogP contribution >= 0.6 is 11.3 Å². The molecule has 0 aliphatic rings. The minimum absolute atomic E-state index is 0.0972. The van der Waals surface area contributed by atoms with Crippen LogP contribution < -0.4 is 0 Å². The summed E-state index contributed by atoms with van der Waals surface area (Å²) in [6.45, 7) is 1.87. The van der Waals surface area contributed by atoms with Crippen LogP contribution in [0, 0.1) is 6.92 Å². The summed E-state index contributed by atoms with van der Waals surface area (Å²) < 4.78 is 1.44. The lowest BCUT2D eigenvalue weighted by Gasteiger charge is -1.99. The highest BCUT2D eigenvalue weighted by molar-refractivity contribution is 7.12. The molecule has 0 atom stereocenters. The van der Waals surface area contributed by atoms with Crippen molar-refractivity contribution >= 4 is 29.5 Å². The summed E-state index contributed by atoms with van der Waals surface area (Å²) in [6, 6.07) is 9.61. The lowest BCUT2D eigenvalue weighted by atomic mass is 10.2. The van der Waals surface area contributed by atoms with E-state index in [2.05, 4.69) is 15.3 Å². The van der Waals surface area contributed by atoms with Crippen LogP contribution in [0.2, 0.25) is 0 Å². The van der Waals surface area contributed by atoms with Gasteiger partial charge in [-0.3, -0.25) is 0 Å². The van der Waals surface area contributed by atoms with Gasteiger partial charge in [0.25, 0.3) is 0 Å². The van der Waals surface area contributed by atoms with Crippen LogP contribution in [0.25, 0.3) is 17.3 Å². The molecule has 2 heterocycles. The van der Waals surface area contributed by atoms with Crippen molar-refractivity contribution in [3.8, 4) is 5.13 Å². The number of aromatic carboxylic acids is 1. The van der Waals surface area contributed by atoms with Gasteiger partial charge in [0.1, 0.15) is 5.69 Å². The molecule has 0 saturated heterocycles. The van der Waals surface area contributed by atoms with Crippen LogP contribution in [-0.4, -0.2) is 31.1 Å². The van der Waals surface area contributed by atoms with Crippen molar-refractivity contribution in [3.05, 3.63) is 58.4 Å². The smallest absolute Gasteiger partial charge is 0.358 e. The molecule has 6 nitrogen and oxygen atoms in total. The fourth-order valence-electron chi connectivity index (χ4n) is 1.91. The first-order chi connectivity index (χ1) is 10.6. The highest BCUT2D eigenvalue weighted by Crippen LogP contribution is 2.19. The second-order valence-corrected chi connectivity index (χ2v) is 5.39. The van der Waals surface area contributed by atoms with Crippen LogP contribution in [0.15, 0.2) is 35.7 Å².